The Hall–Kier alpha value is -3.09. The molecule has 0 bridgehead atoms. The zero-order valence-electron chi connectivity index (χ0n) is 15.6. The first-order chi connectivity index (χ1) is 13.6. The van der Waals surface area contributed by atoms with E-state index < -0.39 is 0 Å². The van der Waals surface area contributed by atoms with E-state index in [0.29, 0.717) is 23.9 Å². The third-order valence-corrected chi connectivity index (χ3v) is 5.89. The molecule has 0 radical (unpaired) electrons. The van der Waals surface area contributed by atoms with Crippen LogP contribution in [0.25, 0.3) is 0 Å². The molecule has 3 atom stereocenters. The fraction of sp³-hybridized carbons (Fsp3) is 0.381. The van der Waals surface area contributed by atoms with Gasteiger partial charge >= 0.3 is 5.97 Å². The normalized spacial score (nSPS) is 24.4. The van der Waals surface area contributed by atoms with Crippen molar-refractivity contribution in [2.24, 2.45) is 11.8 Å². The van der Waals surface area contributed by atoms with Crippen LogP contribution in [-0.4, -0.2) is 38.7 Å². The highest BCUT2D eigenvalue weighted by Gasteiger charge is 2.48. The first-order valence-electron chi connectivity index (χ1n) is 9.14. The number of carbonyl (C=O) groups is 1. The molecule has 2 unspecified atom stereocenters. The summed E-state index contributed by atoms with van der Waals surface area (Å²) in [6.45, 7) is 0.596. The Morgan fingerprint density at radius 1 is 1.00 bits per heavy atom. The summed E-state index contributed by atoms with van der Waals surface area (Å²) in [5.74, 6) is 1.22. The van der Waals surface area contributed by atoms with Gasteiger partial charge in [0.25, 0.3) is 0 Å². The van der Waals surface area contributed by atoms with Crippen molar-refractivity contribution in [3.05, 3.63) is 41.0 Å². The van der Waals surface area contributed by atoms with Crippen LogP contribution in [0.2, 0.25) is 0 Å². The summed E-state index contributed by atoms with van der Waals surface area (Å²) in [4.78, 5) is 12.6. The Bertz CT molecular complexity index is 942. The molecule has 5 rings (SSSR count). The predicted octanol–water partition coefficient (Wildman–Crippen LogP) is 2.62. The number of rotatable bonds is 3. The Morgan fingerprint density at radius 2 is 1.68 bits per heavy atom. The summed E-state index contributed by atoms with van der Waals surface area (Å²) < 4.78 is 27.2. The van der Waals surface area contributed by atoms with Crippen LogP contribution in [-0.2, 0) is 16.0 Å². The van der Waals surface area contributed by atoms with Gasteiger partial charge in [0.15, 0.2) is 23.0 Å². The first-order valence-corrected chi connectivity index (χ1v) is 9.14. The number of hydrogen-bond donors (Lipinski definition) is 1. The average molecular weight is 384 g/mol. The highest BCUT2D eigenvalue weighted by molar-refractivity contribution is 5.78. The SMILES string of the molecule is COc1cc([C@@H]2c3cc4c(cc3CC3COC(=O)C32)OCO4)cc(OC)c1O. The summed E-state index contributed by atoms with van der Waals surface area (Å²) >= 11 is 0. The number of phenols is 1. The van der Waals surface area contributed by atoms with E-state index in [1.807, 2.05) is 12.1 Å². The van der Waals surface area contributed by atoms with Crippen LogP contribution < -0.4 is 18.9 Å². The number of aromatic hydroxyl groups is 1. The van der Waals surface area contributed by atoms with Gasteiger partial charge in [-0.2, -0.15) is 0 Å². The molecule has 28 heavy (non-hydrogen) atoms. The van der Waals surface area contributed by atoms with Crippen molar-refractivity contribution in [1.82, 2.24) is 0 Å². The number of ether oxygens (including phenoxy) is 5. The quantitative estimate of drug-likeness (QED) is 0.815. The third-order valence-electron chi connectivity index (χ3n) is 5.89. The molecule has 7 nitrogen and oxygen atoms in total. The fourth-order valence-electron chi connectivity index (χ4n) is 4.60. The maximum absolute atomic E-state index is 12.6. The van der Waals surface area contributed by atoms with Crippen LogP contribution in [0.3, 0.4) is 0 Å². The first kappa shape index (κ1) is 17.0. The number of carbonyl (C=O) groups excluding carboxylic acids is 1. The van der Waals surface area contributed by atoms with Crippen molar-refractivity contribution in [2.75, 3.05) is 27.6 Å². The van der Waals surface area contributed by atoms with Crippen LogP contribution in [0.15, 0.2) is 24.3 Å². The van der Waals surface area contributed by atoms with Gasteiger partial charge in [0.2, 0.25) is 12.5 Å². The van der Waals surface area contributed by atoms with Gasteiger partial charge in [0.05, 0.1) is 26.7 Å². The van der Waals surface area contributed by atoms with Gasteiger partial charge in [-0.1, -0.05) is 0 Å². The van der Waals surface area contributed by atoms with Gasteiger partial charge in [-0.3, -0.25) is 4.79 Å². The standard InChI is InChI=1S/C21H20O7/c1-24-16-5-11(6-17(25-2)20(16)22)18-13-7-15-14(27-9-28-15)4-10(13)3-12-8-26-21(23)19(12)18/h4-7,12,18-19,22H,3,8-9H2,1-2H3/t12?,18-,19?/m1/s1. The van der Waals surface area contributed by atoms with Gasteiger partial charge in [-0.05, 0) is 47.4 Å². The van der Waals surface area contributed by atoms with E-state index in [1.54, 1.807) is 12.1 Å². The summed E-state index contributed by atoms with van der Waals surface area (Å²) in [5, 5.41) is 10.3. The lowest BCUT2D eigenvalue weighted by molar-refractivity contribution is -0.141. The molecular formula is C21H20O7. The molecule has 3 aliphatic rings. The lowest BCUT2D eigenvalue weighted by Gasteiger charge is -2.33. The molecule has 2 aliphatic heterocycles. The highest BCUT2D eigenvalue weighted by atomic mass is 16.7. The second-order valence-corrected chi connectivity index (χ2v) is 7.28. The molecule has 0 spiro atoms. The Kier molecular flexibility index (Phi) is 3.79. The Balaban J connectivity index is 1.72. The maximum atomic E-state index is 12.6. The number of esters is 1. The van der Waals surface area contributed by atoms with Gasteiger partial charge in [-0.25, -0.2) is 0 Å². The van der Waals surface area contributed by atoms with Crippen LogP contribution in [0.1, 0.15) is 22.6 Å². The Morgan fingerprint density at radius 3 is 2.36 bits per heavy atom. The molecule has 0 aromatic heterocycles. The predicted molar refractivity (Wildman–Crippen MR) is 97.3 cm³/mol. The zero-order valence-corrected chi connectivity index (χ0v) is 15.6. The van der Waals surface area contributed by atoms with Crippen molar-refractivity contribution in [2.45, 2.75) is 12.3 Å². The summed E-state index contributed by atoms with van der Waals surface area (Å²) in [6, 6.07) is 7.46. The van der Waals surface area contributed by atoms with E-state index >= 15 is 0 Å². The van der Waals surface area contributed by atoms with Crippen molar-refractivity contribution < 1.29 is 33.6 Å². The minimum atomic E-state index is -0.313. The molecule has 0 saturated carbocycles. The molecule has 7 heteroatoms. The van der Waals surface area contributed by atoms with Gasteiger partial charge in [0.1, 0.15) is 0 Å². The number of phenolic OH excluding ortho intramolecular Hbond substituents is 1. The summed E-state index contributed by atoms with van der Waals surface area (Å²) in [7, 11) is 2.97. The Labute approximate surface area is 161 Å². The number of methoxy groups -OCH3 is 2. The molecule has 1 N–H and O–H groups in total. The molecule has 0 amide bonds. The van der Waals surface area contributed by atoms with E-state index in [2.05, 4.69) is 0 Å². The minimum absolute atomic E-state index is 0.0685. The summed E-state index contributed by atoms with van der Waals surface area (Å²) in [6.07, 6.45) is 0.741. The molecule has 2 heterocycles. The van der Waals surface area contributed by atoms with Crippen molar-refractivity contribution in [1.29, 1.82) is 0 Å². The molecule has 1 fully saturated rings. The third kappa shape index (κ3) is 2.38. The smallest absolute Gasteiger partial charge is 0.310 e. The molecule has 1 aliphatic carbocycles. The van der Waals surface area contributed by atoms with Crippen LogP contribution in [0.4, 0.5) is 0 Å². The van der Waals surface area contributed by atoms with E-state index in [1.165, 1.54) is 14.2 Å². The van der Waals surface area contributed by atoms with Crippen molar-refractivity contribution in [3.8, 4) is 28.7 Å². The lowest BCUT2D eigenvalue weighted by Crippen LogP contribution is -2.31. The molecule has 146 valence electrons. The molecule has 1 saturated heterocycles. The number of cyclic esters (lactones) is 1. The number of hydrogen-bond acceptors (Lipinski definition) is 7. The fourth-order valence-corrected chi connectivity index (χ4v) is 4.60. The van der Waals surface area contributed by atoms with Gasteiger partial charge in [-0.15, -0.1) is 0 Å². The van der Waals surface area contributed by atoms with Gasteiger partial charge < -0.3 is 28.8 Å². The molecule has 2 aromatic rings. The van der Waals surface area contributed by atoms with Crippen molar-refractivity contribution >= 4 is 5.97 Å². The van der Waals surface area contributed by atoms with Gasteiger partial charge in [0, 0.05) is 11.8 Å². The van der Waals surface area contributed by atoms with Crippen LogP contribution >= 0.6 is 0 Å². The van der Waals surface area contributed by atoms with E-state index in [4.69, 9.17) is 23.7 Å². The van der Waals surface area contributed by atoms with E-state index in [9.17, 15) is 9.90 Å². The van der Waals surface area contributed by atoms with Crippen LogP contribution in [0, 0.1) is 11.8 Å². The largest absolute Gasteiger partial charge is 0.502 e. The van der Waals surface area contributed by atoms with E-state index in [0.717, 1.165) is 28.9 Å². The lowest BCUT2D eigenvalue weighted by atomic mass is 9.67. The summed E-state index contributed by atoms with van der Waals surface area (Å²) in [5.41, 5.74) is 2.93. The van der Waals surface area contributed by atoms with Crippen LogP contribution in [0.5, 0.6) is 28.7 Å². The minimum Gasteiger partial charge on any atom is -0.502 e. The molecule has 2 aromatic carbocycles. The zero-order chi connectivity index (χ0) is 19.4. The topological polar surface area (TPSA) is 83.5 Å². The molecular weight excluding hydrogens is 364 g/mol. The highest BCUT2D eigenvalue weighted by Crippen LogP contribution is 2.52. The second kappa shape index (κ2) is 6.22. The number of fused-ring (bicyclic) bond motifs is 3. The average Bonchev–Trinajstić information content (AvgIpc) is 3.31. The number of benzene rings is 2. The maximum Gasteiger partial charge on any atom is 0.310 e. The monoisotopic (exact) mass is 384 g/mol. The van der Waals surface area contributed by atoms with Crippen molar-refractivity contribution in [3.63, 3.8) is 0 Å². The van der Waals surface area contributed by atoms with E-state index in [-0.39, 0.29) is 36.3 Å². The second-order valence-electron chi connectivity index (χ2n) is 7.28.